The number of rotatable bonds is 6. The Morgan fingerprint density at radius 3 is 2.65 bits per heavy atom. The van der Waals surface area contributed by atoms with Crippen LogP contribution in [0.25, 0.3) is 0 Å². The summed E-state index contributed by atoms with van der Waals surface area (Å²) in [6.07, 6.45) is 2.48. The first-order valence-electron chi connectivity index (χ1n) is 6.92. The molecule has 9 heteroatoms. The summed E-state index contributed by atoms with van der Waals surface area (Å²) in [5.74, 6) is -0.355. The number of aromatic nitrogens is 2. The molecule has 0 aliphatic heterocycles. The number of nitrogens with two attached hydrogens (primary N) is 1. The SMILES string of the molecule is CC(CCc1ccc(O)cc1)NC(=O)c1cn[nH]c1S(N)(=O)=O. The van der Waals surface area contributed by atoms with Crippen molar-refractivity contribution in [2.45, 2.75) is 30.8 Å². The van der Waals surface area contributed by atoms with Gasteiger partial charge in [0.05, 0.1) is 11.8 Å². The third kappa shape index (κ3) is 4.54. The van der Waals surface area contributed by atoms with Crippen LogP contribution in [0.2, 0.25) is 0 Å². The normalized spacial score (nSPS) is 12.8. The van der Waals surface area contributed by atoms with E-state index < -0.39 is 21.0 Å². The van der Waals surface area contributed by atoms with Crippen molar-refractivity contribution in [3.05, 3.63) is 41.6 Å². The first-order valence-corrected chi connectivity index (χ1v) is 8.47. The Bertz CT molecular complexity index is 783. The third-order valence-electron chi connectivity index (χ3n) is 3.31. The van der Waals surface area contributed by atoms with Gasteiger partial charge in [-0.05, 0) is 37.5 Å². The van der Waals surface area contributed by atoms with Crippen LogP contribution in [0.4, 0.5) is 0 Å². The number of aryl methyl sites for hydroxylation is 1. The van der Waals surface area contributed by atoms with Gasteiger partial charge in [0.1, 0.15) is 5.75 Å². The summed E-state index contributed by atoms with van der Waals surface area (Å²) >= 11 is 0. The van der Waals surface area contributed by atoms with Gasteiger partial charge >= 0.3 is 0 Å². The molecular weight excluding hydrogens is 320 g/mol. The monoisotopic (exact) mass is 338 g/mol. The van der Waals surface area contributed by atoms with Crippen LogP contribution in [0.5, 0.6) is 5.75 Å². The number of carbonyl (C=O) groups is 1. The van der Waals surface area contributed by atoms with Gasteiger partial charge in [0, 0.05) is 6.04 Å². The zero-order valence-electron chi connectivity index (χ0n) is 12.5. The van der Waals surface area contributed by atoms with Gasteiger partial charge in [-0.1, -0.05) is 12.1 Å². The lowest BCUT2D eigenvalue weighted by Gasteiger charge is -2.13. The molecule has 0 saturated carbocycles. The number of phenols is 1. The predicted octanol–water partition coefficient (Wildman–Crippen LogP) is 0.514. The second kappa shape index (κ2) is 6.80. The molecule has 124 valence electrons. The molecule has 0 fully saturated rings. The van der Waals surface area contributed by atoms with E-state index in [1.54, 1.807) is 24.3 Å². The summed E-state index contributed by atoms with van der Waals surface area (Å²) in [7, 11) is -4.03. The molecule has 1 unspecified atom stereocenters. The molecule has 8 nitrogen and oxygen atoms in total. The summed E-state index contributed by atoms with van der Waals surface area (Å²) in [4.78, 5) is 12.1. The summed E-state index contributed by atoms with van der Waals surface area (Å²) in [5, 5.41) is 22.3. The van der Waals surface area contributed by atoms with Crippen molar-refractivity contribution < 1.29 is 18.3 Å². The van der Waals surface area contributed by atoms with Crippen molar-refractivity contribution in [1.29, 1.82) is 0 Å². The van der Waals surface area contributed by atoms with E-state index in [2.05, 4.69) is 15.5 Å². The lowest BCUT2D eigenvalue weighted by atomic mass is 10.1. The van der Waals surface area contributed by atoms with Crippen LogP contribution >= 0.6 is 0 Å². The van der Waals surface area contributed by atoms with Crippen molar-refractivity contribution in [2.24, 2.45) is 5.14 Å². The van der Waals surface area contributed by atoms with Crippen LogP contribution in [0.1, 0.15) is 29.3 Å². The molecular formula is C14H18N4O4S. The summed E-state index contributed by atoms with van der Waals surface area (Å²) in [5.41, 5.74) is 0.918. The molecule has 1 aromatic carbocycles. The fraction of sp³-hybridized carbons (Fsp3) is 0.286. The number of hydrogen-bond donors (Lipinski definition) is 4. The second-order valence-corrected chi connectivity index (χ2v) is 6.74. The molecule has 0 aliphatic carbocycles. The van der Waals surface area contributed by atoms with Crippen molar-refractivity contribution in [2.75, 3.05) is 0 Å². The second-order valence-electron chi connectivity index (χ2n) is 5.24. The molecule has 0 saturated heterocycles. The summed E-state index contributed by atoms with van der Waals surface area (Å²) < 4.78 is 22.7. The highest BCUT2D eigenvalue weighted by molar-refractivity contribution is 7.89. The van der Waals surface area contributed by atoms with Gasteiger partial charge in [0.15, 0.2) is 5.03 Å². The summed E-state index contributed by atoms with van der Waals surface area (Å²) in [6, 6.07) is 6.63. The maximum absolute atomic E-state index is 12.1. The number of nitrogens with one attached hydrogen (secondary N) is 2. The minimum Gasteiger partial charge on any atom is -0.508 e. The number of hydrogen-bond acceptors (Lipinski definition) is 5. The van der Waals surface area contributed by atoms with Crippen LogP contribution in [0, 0.1) is 0 Å². The first-order chi connectivity index (χ1) is 10.8. The topological polar surface area (TPSA) is 138 Å². The fourth-order valence-corrected chi connectivity index (χ4v) is 2.70. The van der Waals surface area contributed by atoms with Gasteiger partial charge in [0.2, 0.25) is 0 Å². The molecule has 2 aromatic rings. The molecule has 0 bridgehead atoms. The van der Waals surface area contributed by atoms with Crippen LogP contribution in [0.3, 0.4) is 0 Å². The van der Waals surface area contributed by atoms with Gasteiger partial charge in [-0.15, -0.1) is 0 Å². The molecule has 1 aromatic heterocycles. The maximum Gasteiger partial charge on any atom is 0.256 e. The van der Waals surface area contributed by atoms with Gasteiger partial charge in [0.25, 0.3) is 15.9 Å². The summed E-state index contributed by atoms with van der Waals surface area (Å²) in [6.45, 7) is 1.81. The highest BCUT2D eigenvalue weighted by Gasteiger charge is 2.22. The highest BCUT2D eigenvalue weighted by Crippen LogP contribution is 2.13. The lowest BCUT2D eigenvalue weighted by molar-refractivity contribution is 0.0935. The zero-order chi connectivity index (χ0) is 17.0. The number of H-pyrrole nitrogens is 1. The Morgan fingerprint density at radius 1 is 1.39 bits per heavy atom. The van der Waals surface area contributed by atoms with E-state index in [4.69, 9.17) is 5.14 Å². The van der Waals surface area contributed by atoms with Crippen LogP contribution in [0.15, 0.2) is 35.5 Å². The zero-order valence-corrected chi connectivity index (χ0v) is 13.3. The molecule has 1 heterocycles. The molecule has 5 N–H and O–H groups in total. The average Bonchev–Trinajstić information content (AvgIpc) is 2.96. The van der Waals surface area contributed by atoms with Crippen molar-refractivity contribution >= 4 is 15.9 Å². The number of aromatic amines is 1. The van der Waals surface area contributed by atoms with E-state index in [1.165, 1.54) is 0 Å². The largest absolute Gasteiger partial charge is 0.508 e. The van der Waals surface area contributed by atoms with E-state index in [0.717, 1.165) is 11.8 Å². The van der Waals surface area contributed by atoms with E-state index in [0.29, 0.717) is 12.8 Å². The van der Waals surface area contributed by atoms with Crippen LogP contribution in [-0.4, -0.2) is 35.7 Å². The van der Waals surface area contributed by atoms with Crippen LogP contribution < -0.4 is 10.5 Å². The lowest BCUT2D eigenvalue weighted by Crippen LogP contribution is -2.34. The minimum absolute atomic E-state index is 0.107. The Balaban J connectivity index is 1.95. The number of primary sulfonamides is 1. The first kappa shape index (κ1) is 17.0. The van der Waals surface area contributed by atoms with Crippen molar-refractivity contribution in [3.63, 3.8) is 0 Å². The minimum atomic E-state index is -4.03. The number of phenolic OH excluding ortho intramolecular Hbond substituents is 1. The predicted molar refractivity (Wildman–Crippen MR) is 83.3 cm³/mol. The average molecular weight is 338 g/mol. The van der Waals surface area contributed by atoms with Gasteiger partial charge in [-0.25, -0.2) is 13.6 Å². The van der Waals surface area contributed by atoms with Gasteiger partial charge in [-0.2, -0.15) is 5.10 Å². The van der Waals surface area contributed by atoms with Crippen molar-refractivity contribution in [1.82, 2.24) is 15.5 Å². The molecule has 1 atom stereocenters. The molecule has 1 amide bonds. The standard InChI is InChI=1S/C14H18N4O4S/c1-9(2-3-10-4-6-11(19)7-5-10)17-13(20)12-8-16-18-14(12)23(15,21)22/h4-9,19H,2-3H2,1H3,(H,16,18)(H,17,20)(H2,15,21,22). The van der Waals surface area contributed by atoms with E-state index in [-0.39, 0.29) is 17.4 Å². The Hall–Kier alpha value is -2.39. The fourth-order valence-electron chi connectivity index (χ4n) is 2.07. The molecule has 0 aliphatic rings. The number of aromatic hydroxyl groups is 1. The van der Waals surface area contributed by atoms with Gasteiger partial charge < -0.3 is 10.4 Å². The smallest absolute Gasteiger partial charge is 0.256 e. The van der Waals surface area contributed by atoms with Gasteiger partial charge in [-0.3, -0.25) is 9.89 Å². The number of carbonyl (C=O) groups excluding carboxylic acids is 1. The van der Waals surface area contributed by atoms with E-state index in [1.807, 2.05) is 6.92 Å². The van der Waals surface area contributed by atoms with Crippen LogP contribution in [-0.2, 0) is 16.4 Å². The Labute approximate surface area is 133 Å². The number of sulfonamides is 1. The molecule has 0 spiro atoms. The van der Waals surface area contributed by atoms with Crippen molar-refractivity contribution in [3.8, 4) is 5.75 Å². The molecule has 23 heavy (non-hydrogen) atoms. The Kier molecular flexibility index (Phi) is 5.02. The van der Waals surface area contributed by atoms with E-state index in [9.17, 15) is 18.3 Å². The highest BCUT2D eigenvalue weighted by atomic mass is 32.2. The molecule has 0 radical (unpaired) electrons. The molecule has 2 rings (SSSR count). The van der Waals surface area contributed by atoms with E-state index >= 15 is 0 Å². The number of amides is 1. The Morgan fingerprint density at radius 2 is 2.04 bits per heavy atom. The third-order valence-corrected chi connectivity index (χ3v) is 4.19. The quantitative estimate of drug-likeness (QED) is 0.608. The number of benzene rings is 1. The maximum atomic E-state index is 12.1. The number of nitrogens with zero attached hydrogens (tertiary/aromatic N) is 1.